The van der Waals surface area contributed by atoms with E-state index in [0.717, 1.165) is 42.4 Å². The number of hydrogen-bond donors (Lipinski definition) is 1. The molecule has 1 unspecified atom stereocenters. The molecule has 0 saturated carbocycles. The standard InChI is InChI=1S/C39H40N2O3S/c1-27-19-20-41(23-27)24-29-9-7-28(8-10-29)21-36-35-17-16-34(43-25-30-5-3-2-4-6-30)22-37(35)45-39(36)31-11-14-33(15-12-31)44-26-32-13-18-38(42)40-32/h2-12,14-17,22,27,32H,13,18-21,23-26H2,1H3,(H,40,42)/t27?,32-/m1/s1. The number of amides is 1. The summed E-state index contributed by atoms with van der Waals surface area (Å²) in [5.41, 5.74) is 6.38. The Labute approximate surface area is 269 Å². The minimum atomic E-state index is 0.0926. The molecular weight excluding hydrogens is 577 g/mol. The van der Waals surface area contributed by atoms with Gasteiger partial charge in [-0.05, 0) is 107 Å². The van der Waals surface area contributed by atoms with Gasteiger partial charge >= 0.3 is 0 Å². The Hall–Kier alpha value is -4.13. The third-order valence-electron chi connectivity index (χ3n) is 8.98. The van der Waals surface area contributed by atoms with Crippen LogP contribution in [-0.2, 0) is 24.4 Å². The van der Waals surface area contributed by atoms with Crippen molar-refractivity contribution >= 4 is 27.3 Å². The number of fused-ring (bicyclic) bond motifs is 1. The molecule has 45 heavy (non-hydrogen) atoms. The molecule has 0 radical (unpaired) electrons. The molecule has 2 fully saturated rings. The highest BCUT2D eigenvalue weighted by atomic mass is 32.1. The zero-order chi connectivity index (χ0) is 30.6. The molecule has 2 aliphatic rings. The maximum absolute atomic E-state index is 11.5. The summed E-state index contributed by atoms with van der Waals surface area (Å²) in [6, 6.07) is 34.5. The van der Waals surface area contributed by atoms with Gasteiger partial charge in [0.2, 0.25) is 5.91 Å². The Balaban J connectivity index is 1.13. The third kappa shape index (κ3) is 7.24. The molecule has 3 heterocycles. The molecule has 4 aromatic carbocycles. The van der Waals surface area contributed by atoms with Crippen LogP contribution in [0.3, 0.4) is 0 Å². The first-order valence-electron chi connectivity index (χ1n) is 16.1. The number of ether oxygens (including phenoxy) is 2. The maximum Gasteiger partial charge on any atom is 0.220 e. The summed E-state index contributed by atoms with van der Waals surface area (Å²) in [6.07, 6.45) is 3.58. The van der Waals surface area contributed by atoms with E-state index in [0.29, 0.717) is 19.6 Å². The van der Waals surface area contributed by atoms with E-state index in [1.165, 1.54) is 56.7 Å². The summed E-state index contributed by atoms with van der Waals surface area (Å²) >= 11 is 1.82. The molecule has 5 nitrogen and oxygen atoms in total. The summed E-state index contributed by atoms with van der Waals surface area (Å²) in [6.45, 7) is 6.83. The molecule has 1 aromatic heterocycles. The second-order valence-electron chi connectivity index (χ2n) is 12.6. The molecule has 2 aliphatic heterocycles. The fraction of sp³-hybridized carbons (Fsp3) is 0.308. The smallest absolute Gasteiger partial charge is 0.220 e. The van der Waals surface area contributed by atoms with Crippen molar-refractivity contribution in [1.29, 1.82) is 0 Å². The molecule has 6 heteroatoms. The zero-order valence-corrected chi connectivity index (χ0v) is 26.7. The first-order valence-corrected chi connectivity index (χ1v) is 16.9. The largest absolute Gasteiger partial charge is 0.491 e. The van der Waals surface area contributed by atoms with Crippen LogP contribution in [-0.4, -0.2) is 36.5 Å². The van der Waals surface area contributed by atoms with Crippen LogP contribution < -0.4 is 14.8 Å². The Kier molecular flexibility index (Phi) is 8.85. The molecule has 230 valence electrons. The van der Waals surface area contributed by atoms with Crippen LogP contribution >= 0.6 is 11.3 Å². The Bertz CT molecular complexity index is 1750. The molecule has 7 rings (SSSR count). The number of likely N-dealkylation sites (tertiary alicyclic amines) is 1. The van der Waals surface area contributed by atoms with Gasteiger partial charge in [0.25, 0.3) is 0 Å². The summed E-state index contributed by atoms with van der Waals surface area (Å²) in [7, 11) is 0. The fourth-order valence-electron chi connectivity index (χ4n) is 6.47. The maximum atomic E-state index is 11.5. The van der Waals surface area contributed by atoms with Crippen molar-refractivity contribution in [2.75, 3.05) is 19.7 Å². The highest BCUT2D eigenvalue weighted by Crippen LogP contribution is 2.42. The highest BCUT2D eigenvalue weighted by Gasteiger charge is 2.22. The monoisotopic (exact) mass is 616 g/mol. The zero-order valence-electron chi connectivity index (χ0n) is 25.8. The third-order valence-corrected chi connectivity index (χ3v) is 10.2. The van der Waals surface area contributed by atoms with E-state index in [9.17, 15) is 4.79 Å². The lowest BCUT2D eigenvalue weighted by Crippen LogP contribution is -2.30. The topological polar surface area (TPSA) is 50.8 Å². The van der Waals surface area contributed by atoms with Gasteiger partial charge in [-0.1, -0.05) is 61.5 Å². The van der Waals surface area contributed by atoms with Crippen LogP contribution in [0.15, 0.2) is 97.1 Å². The van der Waals surface area contributed by atoms with E-state index in [2.05, 4.69) is 83.9 Å². The molecule has 2 saturated heterocycles. The van der Waals surface area contributed by atoms with E-state index in [1.807, 2.05) is 41.7 Å². The molecule has 0 aliphatic carbocycles. The number of nitrogens with zero attached hydrogens (tertiary/aromatic N) is 1. The van der Waals surface area contributed by atoms with E-state index in [-0.39, 0.29) is 11.9 Å². The van der Waals surface area contributed by atoms with E-state index >= 15 is 0 Å². The number of nitrogens with one attached hydrogen (secondary N) is 1. The highest BCUT2D eigenvalue weighted by molar-refractivity contribution is 7.22. The SMILES string of the molecule is CC1CCN(Cc2ccc(Cc3c(-c4ccc(OC[C@H]5CCC(=O)N5)cc4)sc4cc(OCc5ccccc5)ccc34)cc2)C1. The Morgan fingerprint density at radius 2 is 1.62 bits per heavy atom. The van der Waals surface area contributed by atoms with Crippen LogP contribution in [0, 0.1) is 5.92 Å². The van der Waals surface area contributed by atoms with Crippen molar-refractivity contribution in [3.63, 3.8) is 0 Å². The second kappa shape index (κ2) is 13.5. The Morgan fingerprint density at radius 1 is 0.844 bits per heavy atom. The van der Waals surface area contributed by atoms with Gasteiger partial charge in [0.1, 0.15) is 24.7 Å². The number of thiophene rings is 1. The quantitative estimate of drug-likeness (QED) is 0.162. The Morgan fingerprint density at radius 3 is 2.36 bits per heavy atom. The van der Waals surface area contributed by atoms with Gasteiger partial charge in [0.05, 0.1) is 6.04 Å². The van der Waals surface area contributed by atoms with Crippen LogP contribution in [0.4, 0.5) is 0 Å². The van der Waals surface area contributed by atoms with Crippen LogP contribution in [0.5, 0.6) is 11.5 Å². The van der Waals surface area contributed by atoms with Crippen molar-refractivity contribution < 1.29 is 14.3 Å². The first kappa shape index (κ1) is 29.6. The van der Waals surface area contributed by atoms with Gasteiger partial charge < -0.3 is 14.8 Å². The van der Waals surface area contributed by atoms with Crippen molar-refractivity contribution in [2.24, 2.45) is 5.92 Å². The minimum absolute atomic E-state index is 0.0926. The summed E-state index contributed by atoms with van der Waals surface area (Å²) in [4.78, 5) is 15.4. The van der Waals surface area contributed by atoms with Crippen LogP contribution in [0.1, 0.15) is 48.4 Å². The number of benzene rings is 4. The van der Waals surface area contributed by atoms with Gasteiger partial charge in [-0.25, -0.2) is 0 Å². The van der Waals surface area contributed by atoms with Gasteiger partial charge in [-0.15, -0.1) is 11.3 Å². The lowest BCUT2D eigenvalue weighted by molar-refractivity contribution is -0.119. The molecule has 0 spiro atoms. The second-order valence-corrected chi connectivity index (χ2v) is 13.7. The number of hydrogen-bond acceptors (Lipinski definition) is 5. The van der Waals surface area contributed by atoms with Gasteiger partial charge in [0.15, 0.2) is 0 Å². The number of carbonyl (C=O) groups excluding carboxylic acids is 1. The molecule has 2 atom stereocenters. The fourth-order valence-corrected chi connectivity index (χ4v) is 7.72. The molecule has 0 bridgehead atoms. The summed E-state index contributed by atoms with van der Waals surface area (Å²) in [5.74, 6) is 2.62. The predicted octanol–water partition coefficient (Wildman–Crippen LogP) is 8.24. The number of carbonyl (C=O) groups is 1. The molecular formula is C39H40N2O3S. The normalized spacial score (nSPS) is 18.4. The molecule has 1 N–H and O–H groups in total. The van der Waals surface area contributed by atoms with Crippen molar-refractivity contribution in [3.8, 4) is 21.9 Å². The van der Waals surface area contributed by atoms with E-state index < -0.39 is 0 Å². The predicted molar refractivity (Wildman–Crippen MR) is 183 cm³/mol. The van der Waals surface area contributed by atoms with E-state index in [4.69, 9.17) is 9.47 Å². The number of rotatable bonds is 11. The van der Waals surface area contributed by atoms with Gasteiger partial charge in [-0.3, -0.25) is 9.69 Å². The van der Waals surface area contributed by atoms with Gasteiger partial charge in [-0.2, -0.15) is 0 Å². The lowest BCUT2D eigenvalue weighted by Gasteiger charge is -2.15. The van der Waals surface area contributed by atoms with E-state index in [1.54, 1.807) is 0 Å². The van der Waals surface area contributed by atoms with Crippen molar-refractivity contribution in [3.05, 3.63) is 119 Å². The van der Waals surface area contributed by atoms with Crippen LogP contribution in [0.2, 0.25) is 0 Å². The average Bonchev–Trinajstić information content (AvgIpc) is 3.78. The van der Waals surface area contributed by atoms with Crippen molar-refractivity contribution in [1.82, 2.24) is 10.2 Å². The van der Waals surface area contributed by atoms with Gasteiger partial charge in [0, 0.05) is 29.1 Å². The first-order chi connectivity index (χ1) is 22.1. The minimum Gasteiger partial charge on any atom is -0.491 e. The molecule has 1 amide bonds. The summed E-state index contributed by atoms with van der Waals surface area (Å²) in [5, 5.41) is 4.25. The molecule has 5 aromatic rings. The van der Waals surface area contributed by atoms with Crippen LogP contribution in [0.25, 0.3) is 20.5 Å². The lowest BCUT2D eigenvalue weighted by atomic mass is 9.98. The average molecular weight is 617 g/mol. The summed E-state index contributed by atoms with van der Waals surface area (Å²) < 4.78 is 13.4. The van der Waals surface area contributed by atoms with Crippen molar-refractivity contribution in [2.45, 2.75) is 51.8 Å².